The van der Waals surface area contributed by atoms with E-state index in [9.17, 15) is 4.39 Å². The van der Waals surface area contributed by atoms with Crippen molar-refractivity contribution >= 4 is 31.9 Å². The van der Waals surface area contributed by atoms with Crippen molar-refractivity contribution in [3.8, 4) is 5.88 Å². The summed E-state index contributed by atoms with van der Waals surface area (Å²) in [4.78, 5) is 7.93. The van der Waals surface area contributed by atoms with E-state index in [2.05, 4.69) is 41.8 Å². The van der Waals surface area contributed by atoms with E-state index in [1.807, 2.05) is 0 Å². The van der Waals surface area contributed by atoms with Crippen LogP contribution in [0.5, 0.6) is 5.88 Å². The quantitative estimate of drug-likeness (QED) is 0.739. The predicted octanol–water partition coefficient (Wildman–Crippen LogP) is 4.07. The first kappa shape index (κ1) is 14.4. The molecule has 1 unspecified atom stereocenters. The topological polar surface area (TPSA) is 35.0 Å². The second-order valence-electron chi connectivity index (χ2n) is 3.87. The van der Waals surface area contributed by atoms with Gasteiger partial charge in [0.2, 0.25) is 5.88 Å². The number of benzene rings is 1. The van der Waals surface area contributed by atoms with Gasteiger partial charge in [-0.2, -0.15) is 0 Å². The maximum Gasteiger partial charge on any atom is 0.216 e. The van der Waals surface area contributed by atoms with Crippen molar-refractivity contribution < 1.29 is 9.13 Å². The van der Waals surface area contributed by atoms with Gasteiger partial charge in [-0.15, -0.1) is 0 Å². The van der Waals surface area contributed by atoms with Gasteiger partial charge in [0.05, 0.1) is 11.6 Å². The molecule has 0 bridgehead atoms. The molecular formula is C13H11Br2FN2O. The van der Waals surface area contributed by atoms with Gasteiger partial charge in [0.15, 0.2) is 0 Å². The highest BCUT2D eigenvalue weighted by atomic mass is 79.9. The maximum absolute atomic E-state index is 14.0. The van der Waals surface area contributed by atoms with E-state index >= 15 is 0 Å². The summed E-state index contributed by atoms with van der Waals surface area (Å²) in [6, 6.07) is 6.96. The summed E-state index contributed by atoms with van der Waals surface area (Å²) >= 11 is 6.67. The Morgan fingerprint density at radius 3 is 2.89 bits per heavy atom. The average molecular weight is 390 g/mol. The largest absolute Gasteiger partial charge is 0.481 e. The number of hydrogen-bond donors (Lipinski definition) is 0. The Morgan fingerprint density at radius 1 is 1.37 bits per heavy atom. The average Bonchev–Trinajstić information content (AvgIpc) is 2.42. The number of hydrogen-bond acceptors (Lipinski definition) is 3. The number of alkyl halides is 1. The molecule has 0 aliphatic heterocycles. The number of nitrogens with zero attached hydrogens (tertiary/aromatic N) is 2. The lowest BCUT2D eigenvalue weighted by molar-refractivity contribution is 0.396. The van der Waals surface area contributed by atoms with Crippen molar-refractivity contribution in [3.63, 3.8) is 0 Å². The summed E-state index contributed by atoms with van der Waals surface area (Å²) in [5.74, 6) is 0.241. The number of rotatable bonds is 4. The van der Waals surface area contributed by atoms with Crippen LogP contribution in [0.2, 0.25) is 0 Å². The molecule has 6 heteroatoms. The van der Waals surface area contributed by atoms with Crippen LogP contribution in [0.3, 0.4) is 0 Å². The van der Waals surface area contributed by atoms with Gasteiger partial charge in [0, 0.05) is 28.6 Å². The van der Waals surface area contributed by atoms with Crippen LogP contribution < -0.4 is 4.74 Å². The molecule has 1 aromatic heterocycles. The van der Waals surface area contributed by atoms with E-state index in [1.165, 1.54) is 6.33 Å². The van der Waals surface area contributed by atoms with Crippen LogP contribution in [-0.2, 0) is 6.42 Å². The van der Waals surface area contributed by atoms with Crippen molar-refractivity contribution in [1.82, 2.24) is 9.97 Å². The summed E-state index contributed by atoms with van der Waals surface area (Å²) in [5.41, 5.74) is 1.38. The Labute approximate surface area is 127 Å². The van der Waals surface area contributed by atoms with E-state index < -0.39 is 0 Å². The Morgan fingerprint density at radius 2 is 2.16 bits per heavy atom. The number of ether oxygens (including phenoxy) is 1. The molecule has 100 valence electrons. The first-order valence-electron chi connectivity index (χ1n) is 5.54. The minimum atomic E-state index is -0.259. The van der Waals surface area contributed by atoms with Gasteiger partial charge in [-0.05, 0) is 22.0 Å². The van der Waals surface area contributed by atoms with Crippen LogP contribution in [0, 0.1) is 5.82 Å². The number of halogens is 3. The van der Waals surface area contributed by atoms with Crippen LogP contribution in [0.25, 0.3) is 0 Å². The molecule has 2 aromatic rings. The third-order valence-corrected chi connectivity index (χ3v) is 4.04. The highest BCUT2D eigenvalue weighted by Gasteiger charge is 2.16. The second-order valence-corrected chi connectivity index (χ2v) is 5.83. The summed E-state index contributed by atoms with van der Waals surface area (Å²) < 4.78 is 19.5. The normalized spacial score (nSPS) is 12.2. The number of methoxy groups -OCH3 is 1. The summed E-state index contributed by atoms with van der Waals surface area (Å²) in [7, 11) is 1.55. The van der Waals surface area contributed by atoms with Gasteiger partial charge >= 0.3 is 0 Å². The maximum atomic E-state index is 14.0. The van der Waals surface area contributed by atoms with Gasteiger partial charge in [-0.25, -0.2) is 14.4 Å². The third kappa shape index (κ3) is 3.51. The van der Waals surface area contributed by atoms with Crippen molar-refractivity contribution in [2.24, 2.45) is 0 Å². The van der Waals surface area contributed by atoms with Crippen molar-refractivity contribution in [3.05, 3.63) is 52.1 Å². The lowest BCUT2D eigenvalue weighted by Gasteiger charge is -2.12. The van der Waals surface area contributed by atoms with Gasteiger partial charge in [-0.1, -0.05) is 28.1 Å². The third-order valence-electron chi connectivity index (χ3n) is 2.62. The molecule has 0 aliphatic carbocycles. The van der Waals surface area contributed by atoms with E-state index in [0.29, 0.717) is 22.3 Å². The van der Waals surface area contributed by atoms with Gasteiger partial charge in [0.1, 0.15) is 12.1 Å². The van der Waals surface area contributed by atoms with Crippen molar-refractivity contribution in [2.75, 3.05) is 7.11 Å². The zero-order chi connectivity index (χ0) is 13.8. The van der Waals surface area contributed by atoms with Gasteiger partial charge in [0.25, 0.3) is 0 Å². The minimum absolute atomic E-state index is 0.162. The Bertz CT molecular complexity index is 580. The van der Waals surface area contributed by atoms with E-state index in [4.69, 9.17) is 4.74 Å². The molecule has 1 heterocycles. The Balaban J connectivity index is 2.20. The fourth-order valence-corrected chi connectivity index (χ4v) is 2.72. The highest BCUT2D eigenvalue weighted by Crippen LogP contribution is 2.31. The van der Waals surface area contributed by atoms with Crippen molar-refractivity contribution in [2.45, 2.75) is 11.2 Å². The van der Waals surface area contributed by atoms with E-state index in [-0.39, 0.29) is 10.6 Å². The monoisotopic (exact) mass is 388 g/mol. The predicted molar refractivity (Wildman–Crippen MR) is 78.1 cm³/mol. The fraction of sp³-hybridized carbons (Fsp3) is 0.231. The Hall–Kier alpha value is -1.01. The fourth-order valence-electron chi connectivity index (χ4n) is 1.66. The molecule has 19 heavy (non-hydrogen) atoms. The van der Waals surface area contributed by atoms with Crippen molar-refractivity contribution in [1.29, 1.82) is 0 Å². The SMILES string of the molecule is COc1cc(CC(Br)c2cccc(Br)c2F)ncn1. The molecule has 0 saturated carbocycles. The molecular weight excluding hydrogens is 379 g/mol. The lowest BCUT2D eigenvalue weighted by Crippen LogP contribution is -2.02. The molecule has 0 spiro atoms. The molecule has 0 aliphatic rings. The minimum Gasteiger partial charge on any atom is -0.481 e. The lowest BCUT2D eigenvalue weighted by atomic mass is 10.1. The molecule has 3 nitrogen and oxygen atoms in total. The highest BCUT2D eigenvalue weighted by molar-refractivity contribution is 9.10. The van der Waals surface area contributed by atoms with Gasteiger partial charge < -0.3 is 4.74 Å². The number of aromatic nitrogens is 2. The second kappa shape index (κ2) is 6.43. The molecule has 0 N–H and O–H groups in total. The molecule has 0 amide bonds. The molecule has 1 aromatic carbocycles. The Kier molecular flexibility index (Phi) is 4.87. The van der Waals surface area contributed by atoms with Crippen LogP contribution >= 0.6 is 31.9 Å². The summed E-state index contributed by atoms with van der Waals surface area (Å²) in [6.45, 7) is 0. The summed E-state index contributed by atoms with van der Waals surface area (Å²) in [6.07, 6.45) is 1.98. The smallest absolute Gasteiger partial charge is 0.216 e. The summed E-state index contributed by atoms with van der Waals surface area (Å²) in [5, 5.41) is 0. The zero-order valence-corrected chi connectivity index (χ0v) is 13.3. The van der Waals surface area contributed by atoms with E-state index in [1.54, 1.807) is 31.4 Å². The zero-order valence-electron chi connectivity index (χ0n) is 10.1. The first-order valence-corrected chi connectivity index (χ1v) is 7.25. The molecule has 0 fully saturated rings. The van der Waals surface area contributed by atoms with E-state index in [0.717, 1.165) is 5.69 Å². The van der Waals surface area contributed by atoms with Crippen LogP contribution in [0.1, 0.15) is 16.1 Å². The molecule has 2 rings (SSSR count). The molecule has 0 radical (unpaired) electrons. The van der Waals surface area contributed by atoms with Crippen LogP contribution in [0.4, 0.5) is 4.39 Å². The first-order chi connectivity index (χ1) is 9.11. The van der Waals surface area contributed by atoms with Crippen LogP contribution in [0.15, 0.2) is 35.1 Å². The molecule has 0 saturated heterocycles. The molecule has 1 atom stereocenters. The van der Waals surface area contributed by atoms with Crippen LogP contribution in [-0.4, -0.2) is 17.1 Å². The van der Waals surface area contributed by atoms with Gasteiger partial charge in [-0.3, -0.25) is 0 Å². The standard InChI is InChI=1S/C13H11Br2FN2O/c1-19-12-6-8(17-7-18-12)5-11(15)9-3-2-4-10(14)13(9)16/h2-4,6-7,11H,5H2,1H3.